The first kappa shape index (κ1) is 22.2. The Hall–Kier alpha value is -2.59. The summed E-state index contributed by atoms with van der Waals surface area (Å²) in [5.41, 5.74) is 3.65. The van der Waals surface area contributed by atoms with Gasteiger partial charge in [0, 0.05) is 12.6 Å². The standard InChI is InChI=1S/C24H31N5O4/c1-15-7-5-6-8-16(15)11-28(17-9-3-2-4-10-17)22-19-23(26-13-25-22)29(14-27-19)24-21(32)20(31)18(12-30)33-24/h5-8,13-14,17-18,20-21,24,30-32H,2-4,9-12H2,1H3/t18-,20-,21-,24-/m1/s1. The van der Waals surface area contributed by atoms with E-state index in [2.05, 4.69) is 51.0 Å². The number of ether oxygens (including phenoxy) is 1. The predicted molar refractivity (Wildman–Crippen MR) is 123 cm³/mol. The molecule has 9 nitrogen and oxygen atoms in total. The molecular weight excluding hydrogens is 422 g/mol. The number of fused-ring (bicyclic) bond motifs is 1. The number of hydrogen-bond donors (Lipinski definition) is 3. The van der Waals surface area contributed by atoms with Crippen LogP contribution in [0.4, 0.5) is 5.82 Å². The van der Waals surface area contributed by atoms with Crippen molar-refractivity contribution in [3.8, 4) is 0 Å². The van der Waals surface area contributed by atoms with Crippen LogP contribution in [0.1, 0.15) is 49.5 Å². The second-order valence-corrected chi connectivity index (χ2v) is 9.10. The van der Waals surface area contributed by atoms with E-state index < -0.39 is 24.5 Å². The van der Waals surface area contributed by atoms with Crippen LogP contribution in [-0.2, 0) is 11.3 Å². The molecule has 3 aromatic rings. The van der Waals surface area contributed by atoms with Crippen LogP contribution < -0.4 is 4.90 Å². The Morgan fingerprint density at radius 3 is 2.58 bits per heavy atom. The minimum atomic E-state index is -1.20. The maximum Gasteiger partial charge on any atom is 0.167 e. The summed E-state index contributed by atoms with van der Waals surface area (Å²) in [4.78, 5) is 16.1. The molecular formula is C24H31N5O4. The lowest BCUT2D eigenvalue weighted by molar-refractivity contribution is -0.0511. The summed E-state index contributed by atoms with van der Waals surface area (Å²) in [6.45, 7) is 2.47. The fraction of sp³-hybridized carbons (Fsp3) is 0.542. The zero-order chi connectivity index (χ0) is 22.9. The lowest BCUT2D eigenvalue weighted by Gasteiger charge is -2.35. The van der Waals surface area contributed by atoms with E-state index in [1.807, 2.05) is 0 Å². The van der Waals surface area contributed by atoms with Gasteiger partial charge in [-0.2, -0.15) is 0 Å². The summed E-state index contributed by atoms with van der Waals surface area (Å²) in [5, 5.41) is 30.2. The Labute approximate surface area is 192 Å². The van der Waals surface area contributed by atoms with E-state index in [0.717, 1.165) is 25.2 Å². The number of anilines is 1. The molecule has 0 spiro atoms. The average molecular weight is 454 g/mol. The second-order valence-electron chi connectivity index (χ2n) is 9.10. The molecule has 0 bridgehead atoms. The Morgan fingerprint density at radius 2 is 1.85 bits per heavy atom. The van der Waals surface area contributed by atoms with Gasteiger partial charge in [0.1, 0.15) is 24.6 Å². The van der Waals surface area contributed by atoms with Crippen molar-refractivity contribution in [1.29, 1.82) is 0 Å². The summed E-state index contributed by atoms with van der Waals surface area (Å²) in [6.07, 6.45) is 4.82. The van der Waals surface area contributed by atoms with E-state index >= 15 is 0 Å². The fourth-order valence-electron chi connectivity index (χ4n) is 5.09. The molecule has 9 heteroatoms. The number of aliphatic hydroxyl groups is 3. The van der Waals surface area contributed by atoms with Gasteiger partial charge >= 0.3 is 0 Å². The third kappa shape index (κ3) is 4.10. The number of benzene rings is 1. The molecule has 2 aliphatic rings. The number of hydrogen-bond acceptors (Lipinski definition) is 8. The first-order chi connectivity index (χ1) is 16.1. The third-order valence-corrected chi connectivity index (χ3v) is 7.02. The SMILES string of the molecule is Cc1ccccc1CN(c1ncnc2c1ncn2[C@@H]1O[C@H](CO)[C@@H](O)[C@H]1O)C1CCCCC1. The van der Waals surface area contributed by atoms with Gasteiger partial charge in [-0.25, -0.2) is 15.0 Å². The molecule has 33 heavy (non-hydrogen) atoms. The topological polar surface area (TPSA) is 117 Å². The smallest absolute Gasteiger partial charge is 0.167 e. The molecule has 1 aliphatic heterocycles. The molecule has 0 radical (unpaired) electrons. The van der Waals surface area contributed by atoms with Crippen molar-refractivity contribution in [3.63, 3.8) is 0 Å². The average Bonchev–Trinajstić information content (AvgIpc) is 3.40. The van der Waals surface area contributed by atoms with Gasteiger partial charge < -0.3 is 25.0 Å². The first-order valence-electron chi connectivity index (χ1n) is 11.7. The van der Waals surface area contributed by atoms with Crippen LogP contribution in [0, 0.1) is 6.92 Å². The summed E-state index contributed by atoms with van der Waals surface area (Å²) in [7, 11) is 0. The lowest BCUT2D eigenvalue weighted by atomic mass is 9.93. The van der Waals surface area contributed by atoms with Crippen LogP contribution in [0.3, 0.4) is 0 Å². The van der Waals surface area contributed by atoms with Crippen LogP contribution in [-0.4, -0.2) is 65.8 Å². The highest BCUT2D eigenvalue weighted by atomic mass is 16.6. The molecule has 2 fully saturated rings. The van der Waals surface area contributed by atoms with Crippen molar-refractivity contribution in [2.24, 2.45) is 0 Å². The third-order valence-electron chi connectivity index (χ3n) is 7.02. The normalized spacial score (nSPS) is 26.2. The van der Waals surface area contributed by atoms with Crippen LogP contribution >= 0.6 is 0 Å². The fourth-order valence-corrected chi connectivity index (χ4v) is 5.09. The van der Waals surface area contributed by atoms with Gasteiger partial charge in [0.25, 0.3) is 0 Å². The van der Waals surface area contributed by atoms with Gasteiger partial charge in [-0.15, -0.1) is 0 Å². The maximum atomic E-state index is 10.5. The van der Waals surface area contributed by atoms with E-state index in [4.69, 9.17) is 4.74 Å². The van der Waals surface area contributed by atoms with Crippen LogP contribution in [0.25, 0.3) is 11.2 Å². The largest absolute Gasteiger partial charge is 0.394 e. The maximum absolute atomic E-state index is 10.5. The van der Waals surface area contributed by atoms with Crippen molar-refractivity contribution in [3.05, 3.63) is 48.0 Å². The van der Waals surface area contributed by atoms with Crippen molar-refractivity contribution >= 4 is 17.0 Å². The Morgan fingerprint density at radius 1 is 1.06 bits per heavy atom. The van der Waals surface area contributed by atoms with Gasteiger partial charge in [-0.3, -0.25) is 4.57 Å². The predicted octanol–water partition coefficient (Wildman–Crippen LogP) is 2.09. The van der Waals surface area contributed by atoms with Gasteiger partial charge in [-0.1, -0.05) is 43.5 Å². The molecule has 5 rings (SSSR count). The van der Waals surface area contributed by atoms with Crippen molar-refractivity contribution in [2.45, 2.75) is 76.2 Å². The van der Waals surface area contributed by atoms with Gasteiger partial charge in [0.15, 0.2) is 23.2 Å². The Balaban J connectivity index is 1.54. The molecule has 0 amide bonds. The van der Waals surface area contributed by atoms with Crippen LogP contribution in [0.15, 0.2) is 36.9 Å². The number of rotatable bonds is 6. The van der Waals surface area contributed by atoms with Gasteiger partial charge in [-0.05, 0) is 30.9 Å². The van der Waals surface area contributed by atoms with E-state index in [0.29, 0.717) is 17.2 Å². The van der Waals surface area contributed by atoms with Gasteiger partial charge in [0.05, 0.1) is 12.9 Å². The van der Waals surface area contributed by atoms with E-state index in [9.17, 15) is 15.3 Å². The number of aromatic nitrogens is 4. The molecule has 1 saturated heterocycles. The van der Waals surface area contributed by atoms with Gasteiger partial charge in [0.2, 0.25) is 0 Å². The Kier molecular flexibility index (Phi) is 6.29. The summed E-state index contributed by atoms with van der Waals surface area (Å²) >= 11 is 0. The highest BCUT2D eigenvalue weighted by Crippen LogP contribution is 2.35. The van der Waals surface area contributed by atoms with E-state index in [-0.39, 0.29) is 6.61 Å². The van der Waals surface area contributed by atoms with Crippen LogP contribution in [0.5, 0.6) is 0 Å². The zero-order valence-corrected chi connectivity index (χ0v) is 18.8. The molecule has 2 aromatic heterocycles. The first-order valence-corrected chi connectivity index (χ1v) is 11.7. The molecule has 3 N–H and O–H groups in total. The number of nitrogens with zero attached hydrogens (tertiary/aromatic N) is 5. The van der Waals surface area contributed by atoms with Crippen molar-refractivity contribution in [1.82, 2.24) is 19.5 Å². The minimum absolute atomic E-state index is 0.357. The summed E-state index contributed by atoms with van der Waals surface area (Å²) in [6, 6.07) is 8.75. The van der Waals surface area contributed by atoms with Crippen molar-refractivity contribution in [2.75, 3.05) is 11.5 Å². The highest BCUT2D eigenvalue weighted by Gasteiger charge is 2.44. The monoisotopic (exact) mass is 453 g/mol. The number of aryl methyl sites for hydroxylation is 1. The summed E-state index contributed by atoms with van der Waals surface area (Å²) in [5.74, 6) is 0.764. The molecule has 1 aliphatic carbocycles. The summed E-state index contributed by atoms with van der Waals surface area (Å²) < 4.78 is 7.34. The van der Waals surface area contributed by atoms with E-state index in [1.54, 1.807) is 10.9 Å². The van der Waals surface area contributed by atoms with Crippen molar-refractivity contribution < 1.29 is 20.1 Å². The molecule has 0 unspecified atom stereocenters. The lowest BCUT2D eigenvalue weighted by Crippen LogP contribution is -2.37. The molecule has 3 heterocycles. The molecule has 176 valence electrons. The Bertz CT molecular complexity index is 1100. The van der Waals surface area contributed by atoms with E-state index in [1.165, 1.54) is 36.7 Å². The quantitative estimate of drug-likeness (QED) is 0.520. The highest BCUT2D eigenvalue weighted by molar-refractivity contribution is 5.83. The van der Waals surface area contributed by atoms with Crippen LogP contribution in [0.2, 0.25) is 0 Å². The minimum Gasteiger partial charge on any atom is -0.394 e. The molecule has 1 aromatic carbocycles. The second kappa shape index (κ2) is 9.34. The zero-order valence-electron chi connectivity index (χ0n) is 18.8. The number of aliphatic hydroxyl groups excluding tert-OH is 3. The molecule has 4 atom stereocenters. The number of imidazole rings is 1. The molecule has 1 saturated carbocycles.